The van der Waals surface area contributed by atoms with Crippen LogP contribution in [0.1, 0.15) is 10.6 Å². The number of carbonyl (C=O) groups is 1. The average molecular weight is 414 g/mol. The molecule has 0 bridgehead atoms. The third kappa shape index (κ3) is 1.72. The van der Waals surface area contributed by atoms with Crippen molar-refractivity contribution in [2.24, 2.45) is 0 Å². The van der Waals surface area contributed by atoms with E-state index in [-0.39, 0.29) is 5.82 Å². The van der Waals surface area contributed by atoms with E-state index in [0.717, 1.165) is 12.7 Å². The highest BCUT2D eigenvalue weighted by Crippen LogP contribution is 2.21. The first-order valence-electron chi connectivity index (χ1n) is 3.66. The van der Waals surface area contributed by atoms with Crippen LogP contribution in [0, 0.1) is 7.14 Å². The second kappa shape index (κ2) is 3.65. The molecule has 1 heterocycles. The van der Waals surface area contributed by atoms with E-state index in [2.05, 4.69) is 55.1 Å². The summed E-state index contributed by atoms with van der Waals surface area (Å²) in [6.45, 7) is 0. The highest BCUT2D eigenvalue weighted by Gasteiger charge is 2.10. The molecule has 14 heavy (non-hydrogen) atoms. The minimum atomic E-state index is -1.04. The first kappa shape index (κ1) is 10.1. The number of carboxylic acids is 1. The van der Waals surface area contributed by atoms with Crippen molar-refractivity contribution >= 4 is 62.2 Å². The lowest BCUT2D eigenvalue weighted by Crippen LogP contribution is -1.97. The zero-order valence-corrected chi connectivity index (χ0v) is 11.0. The van der Waals surface area contributed by atoms with Gasteiger partial charge in [0.15, 0.2) is 0 Å². The van der Waals surface area contributed by atoms with Crippen molar-refractivity contribution in [3.05, 3.63) is 25.1 Å². The van der Waals surface area contributed by atoms with Gasteiger partial charge >= 0.3 is 5.97 Å². The lowest BCUT2D eigenvalue weighted by Gasteiger charge is -1.93. The number of hydrogen-bond acceptors (Lipinski definition) is 2. The number of nitrogens with zero attached hydrogens (tertiary/aromatic N) is 1. The van der Waals surface area contributed by atoms with Gasteiger partial charge in [0, 0.05) is 7.14 Å². The van der Waals surface area contributed by atoms with E-state index < -0.39 is 5.97 Å². The van der Waals surface area contributed by atoms with Crippen molar-refractivity contribution in [2.45, 2.75) is 0 Å². The number of rotatable bonds is 1. The van der Waals surface area contributed by atoms with E-state index in [9.17, 15) is 4.79 Å². The molecule has 0 radical (unpaired) electrons. The molecule has 2 aromatic rings. The molecule has 0 aliphatic rings. The average Bonchev–Trinajstić information content (AvgIpc) is 2.48. The van der Waals surface area contributed by atoms with Crippen LogP contribution in [0.4, 0.5) is 0 Å². The molecule has 1 aromatic carbocycles. The van der Waals surface area contributed by atoms with Crippen LogP contribution < -0.4 is 0 Å². The van der Waals surface area contributed by atoms with Gasteiger partial charge in [-0.25, -0.2) is 9.78 Å². The maximum atomic E-state index is 10.6. The molecule has 0 unspecified atom stereocenters. The van der Waals surface area contributed by atoms with E-state index in [1.165, 1.54) is 0 Å². The third-order valence-corrected chi connectivity index (χ3v) is 4.54. The van der Waals surface area contributed by atoms with Gasteiger partial charge in [-0.3, -0.25) is 0 Å². The molecule has 0 atom stereocenters. The van der Waals surface area contributed by atoms with Crippen LogP contribution in [0.5, 0.6) is 0 Å². The van der Waals surface area contributed by atoms with Gasteiger partial charge in [-0.2, -0.15) is 0 Å². The summed E-state index contributed by atoms with van der Waals surface area (Å²) < 4.78 is 2.15. The predicted octanol–water partition coefficient (Wildman–Crippen LogP) is 2.47. The Balaban J connectivity index is 2.72. The molecular weight excluding hydrogens is 410 g/mol. The second-order valence-corrected chi connectivity index (χ2v) is 5.00. The quantitative estimate of drug-likeness (QED) is 0.706. The van der Waals surface area contributed by atoms with Crippen LogP contribution in [-0.4, -0.2) is 21.0 Å². The Bertz CT molecular complexity index is 482. The lowest BCUT2D eigenvalue weighted by molar-refractivity contribution is 0.0685. The zero-order valence-electron chi connectivity index (χ0n) is 6.71. The Morgan fingerprint density at radius 3 is 2.64 bits per heavy atom. The summed E-state index contributed by atoms with van der Waals surface area (Å²) >= 11 is 4.39. The van der Waals surface area contributed by atoms with E-state index >= 15 is 0 Å². The van der Waals surface area contributed by atoms with E-state index in [0.29, 0.717) is 5.52 Å². The molecular formula is C8H4I2N2O2. The monoisotopic (exact) mass is 414 g/mol. The zero-order chi connectivity index (χ0) is 10.3. The summed E-state index contributed by atoms with van der Waals surface area (Å²) in [7, 11) is 0. The SMILES string of the molecule is O=C(O)c1nc2cc(I)c(I)cc2[nH]1. The van der Waals surface area contributed by atoms with Gasteiger partial charge in [0.2, 0.25) is 5.82 Å². The summed E-state index contributed by atoms with van der Waals surface area (Å²) in [6, 6.07) is 3.75. The maximum absolute atomic E-state index is 10.6. The molecule has 0 aliphatic heterocycles. The lowest BCUT2D eigenvalue weighted by atomic mass is 10.3. The second-order valence-electron chi connectivity index (χ2n) is 2.67. The summed E-state index contributed by atoms with van der Waals surface area (Å²) in [4.78, 5) is 17.3. The number of H-pyrrole nitrogens is 1. The van der Waals surface area contributed by atoms with Crippen LogP contribution >= 0.6 is 45.2 Å². The molecule has 0 saturated heterocycles. The molecule has 2 N–H and O–H groups in total. The van der Waals surface area contributed by atoms with Crippen molar-refractivity contribution in [3.8, 4) is 0 Å². The van der Waals surface area contributed by atoms with E-state index in [4.69, 9.17) is 5.11 Å². The fourth-order valence-corrected chi connectivity index (χ4v) is 2.02. The van der Waals surface area contributed by atoms with Gasteiger partial charge in [-0.1, -0.05) is 0 Å². The molecule has 1 aromatic heterocycles. The number of hydrogen-bond donors (Lipinski definition) is 2. The Labute approximate surface area is 106 Å². The van der Waals surface area contributed by atoms with E-state index in [1.54, 1.807) is 0 Å². The van der Waals surface area contributed by atoms with E-state index in [1.807, 2.05) is 12.1 Å². The first-order chi connectivity index (χ1) is 6.58. The molecule has 0 aliphatic carbocycles. The van der Waals surface area contributed by atoms with Gasteiger partial charge < -0.3 is 10.1 Å². The number of halogens is 2. The predicted molar refractivity (Wildman–Crippen MR) is 68.5 cm³/mol. The Kier molecular flexibility index (Phi) is 2.64. The largest absolute Gasteiger partial charge is 0.475 e. The van der Waals surface area contributed by atoms with Crippen molar-refractivity contribution in [3.63, 3.8) is 0 Å². The summed E-state index contributed by atoms with van der Waals surface area (Å²) in [5.74, 6) is -1.05. The number of benzene rings is 1. The molecule has 4 nitrogen and oxygen atoms in total. The summed E-state index contributed by atoms with van der Waals surface area (Å²) in [6.07, 6.45) is 0. The number of fused-ring (bicyclic) bond motifs is 1. The molecule has 2 rings (SSSR count). The Morgan fingerprint density at radius 1 is 1.36 bits per heavy atom. The smallest absolute Gasteiger partial charge is 0.371 e. The van der Waals surface area contributed by atoms with Gasteiger partial charge in [-0.05, 0) is 57.3 Å². The van der Waals surface area contributed by atoms with Crippen molar-refractivity contribution < 1.29 is 9.90 Å². The minimum Gasteiger partial charge on any atom is -0.475 e. The fraction of sp³-hybridized carbons (Fsp3) is 0. The Hall–Kier alpha value is -0.380. The molecule has 0 fully saturated rings. The van der Waals surface area contributed by atoms with Crippen molar-refractivity contribution in [1.29, 1.82) is 0 Å². The number of nitrogens with one attached hydrogen (secondary N) is 1. The van der Waals surface area contributed by atoms with Crippen molar-refractivity contribution in [2.75, 3.05) is 0 Å². The van der Waals surface area contributed by atoms with Gasteiger partial charge in [0.1, 0.15) is 0 Å². The molecule has 72 valence electrons. The van der Waals surface area contributed by atoms with Crippen LogP contribution in [0.2, 0.25) is 0 Å². The number of aromatic amines is 1. The standard InChI is InChI=1S/C8H4I2N2O2/c9-3-1-5-6(2-4(3)10)12-7(11-5)8(13)14/h1-2H,(H,11,12)(H,13,14). The normalized spacial score (nSPS) is 10.7. The van der Waals surface area contributed by atoms with Gasteiger partial charge in [0.05, 0.1) is 11.0 Å². The highest BCUT2D eigenvalue weighted by molar-refractivity contribution is 14.1. The number of aromatic nitrogens is 2. The topological polar surface area (TPSA) is 66.0 Å². The van der Waals surface area contributed by atoms with Gasteiger partial charge in [0.25, 0.3) is 0 Å². The molecule has 0 amide bonds. The van der Waals surface area contributed by atoms with Crippen LogP contribution in [0.15, 0.2) is 12.1 Å². The van der Waals surface area contributed by atoms with Crippen LogP contribution in [0.3, 0.4) is 0 Å². The molecule has 0 spiro atoms. The number of carboxylic acid groups (broad SMARTS) is 1. The van der Waals surface area contributed by atoms with Crippen molar-refractivity contribution in [1.82, 2.24) is 9.97 Å². The first-order valence-corrected chi connectivity index (χ1v) is 5.82. The fourth-order valence-electron chi connectivity index (χ4n) is 1.11. The number of imidazole rings is 1. The molecule has 0 saturated carbocycles. The summed E-state index contributed by atoms with van der Waals surface area (Å²) in [5.41, 5.74) is 1.44. The third-order valence-electron chi connectivity index (χ3n) is 1.73. The van der Waals surface area contributed by atoms with Gasteiger partial charge in [-0.15, -0.1) is 0 Å². The maximum Gasteiger partial charge on any atom is 0.371 e. The Morgan fingerprint density at radius 2 is 2.00 bits per heavy atom. The highest BCUT2D eigenvalue weighted by atomic mass is 127. The molecule has 6 heteroatoms. The van der Waals surface area contributed by atoms with Crippen LogP contribution in [-0.2, 0) is 0 Å². The number of aromatic carboxylic acids is 1. The van der Waals surface area contributed by atoms with Crippen LogP contribution in [0.25, 0.3) is 11.0 Å². The summed E-state index contributed by atoms with van der Waals surface area (Å²) in [5, 5.41) is 8.73. The minimum absolute atomic E-state index is 0.0159.